The number of aliphatic carboxylic acids is 1. The summed E-state index contributed by atoms with van der Waals surface area (Å²) in [5.41, 5.74) is 1.46. The Morgan fingerprint density at radius 1 is 1.32 bits per heavy atom. The van der Waals surface area contributed by atoms with E-state index in [9.17, 15) is 4.79 Å². The van der Waals surface area contributed by atoms with Crippen LogP contribution in [0.5, 0.6) is 0 Å². The van der Waals surface area contributed by atoms with Crippen molar-refractivity contribution in [2.45, 2.75) is 19.8 Å². The van der Waals surface area contributed by atoms with Gasteiger partial charge in [0.2, 0.25) is 5.95 Å². The number of benzene rings is 1. The number of nitrogens with zero attached hydrogens (tertiary/aromatic N) is 3. The molecule has 1 heterocycles. The Hall–Kier alpha value is -2.24. The summed E-state index contributed by atoms with van der Waals surface area (Å²) in [6.07, 6.45) is 1.46. The molecular formula is C13H16N4O2. The van der Waals surface area contributed by atoms with Gasteiger partial charge in [0, 0.05) is 6.54 Å². The molecule has 1 aromatic heterocycles. The lowest BCUT2D eigenvalue weighted by Crippen LogP contribution is -2.23. The van der Waals surface area contributed by atoms with Crippen molar-refractivity contribution in [3.63, 3.8) is 0 Å². The smallest absolute Gasteiger partial charge is 0.308 e. The number of aromatic nitrogens is 3. The van der Waals surface area contributed by atoms with Gasteiger partial charge in [-0.2, -0.15) is 0 Å². The highest BCUT2D eigenvalue weighted by molar-refractivity contribution is 5.74. The number of fused-ring (bicyclic) bond motifs is 1. The SMILES string of the molecule is CCCC(CNc1nnc2ccccc2n1)C(=O)O. The zero-order valence-corrected chi connectivity index (χ0v) is 10.7. The Morgan fingerprint density at radius 3 is 2.74 bits per heavy atom. The van der Waals surface area contributed by atoms with Crippen LogP contribution in [0.2, 0.25) is 0 Å². The average molecular weight is 260 g/mol. The zero-order valence-electron chi connectivity index (χ0n) is 10.7. The molecule has 2 N–H and O–H groups in total. The molecule has 19 heavy (non-hydrogen) atoms. The average Bonchev–Trinajstić information content (AvgIpc) is 2.43. The van der Waals surface area contributed by atoms with Crippen molar-refractivity contribution in [1.82, 2.24) is 15.2 Å². The summed E-state index contributed by atoms with van der Waals surface area (Å²) in [6, 6.07) is 7.41. The van der Waals surface area contributed by atoms with Gasteiger partial charge in [0.1, 0.15) is 5.52 Å². The van der Waals surface area contributed by atoms with Gasteiger partial charge in [-0.1, -0.05) is 25.5 Å². The normalized spacial score (nSPS) is 12.3. The Morgan fingerprint density at radius 2 is 2.05 bits per heavy atom. The van der Waals surface area contributed by atoms with Crippen LogP contribution in [0.1, 0.15) is 19.8 Å². The van der Waals surface area contributed by atoms with Gasteiger partial charge in [-0.3, -0.25) is 4.79 Å². The van der Waals surface area contributed by atoms with Crippen molar-refractivity contribution in [2.24, 2.45) is 5.92 Å². The van der Waals surface area contributed by atoms with E-state index in [-0.39, 0.29) is 0 Å². The van der Waals surface area contributed by atoms with Crippen molar-refractivity contribution < 1.29 is 9.90 Å². The molecule has 1 unspecified atom stereocenters. The highest BCUT2D eigenvalue weighted by Crippen LogP contribution is 2.11. The Labute approximate surface area is 110 Å². The Kier molecular flexibility index (Phi) is 4.22. The predicted molar refractivity (Wildman–Crippen MR) is 71.9 cm³/mol. The molecule has 0 spiro atoms. The van der Waals surface area contributed by atoms with E-state index in [0.29, 0.717) is 18.9 Å². The largest absolute Gasteiger partial charge is 0.481 e. The lowest BCUT2D eigenvalue weighted by atomic mass is 10.0. The fourth-order valence-electron chi connectivity index (χ4n) is 1.83. The molecule has 0 aliphatic rings. The molecular weight excluding hydrogens is 244 g/mol. The van der Waals surface area contributed by atoms with Crippen LogP contribution < -0.4 is 5.32 Å². The number of carbonyl (C=O) groups is 1. The van der Waals surface area contributed by atoms with Crippen LogP contribution in [0.3, 0.4) is 0 Å². The minimum Gasteiger partial charge on any atom is -0.481 e. The highest BCUT2D eigenvalue weighted by atomic mass is 16.4. The Bertz CT molecular complexity index is 573. The number of anilines is 1. The first-order valence-corrected chi connectivity index (χ1v) is 6.27. The van der Waals surface area contributed by atoms with E-state index in [1.165, 1.54) is 0 Å². The van der Waals surface area contributed by atoms with E-state index in [4.69, 9.17) is 5.11 Å². The first-order valence-electron chi connectivity index (χ1n) is 6.27. The lowest BCUT2D eigenvalue weighted by molar-refractivity contribution is -0.141. The summed E-state index contributed by atoms with van der Waals surface area (Å²) in [7, 11) is 0. The first kappa shape index (κ1) is 13.2. The maximum atomic E-state index is 11.0. The second-order valence-corrected chi connectivity index (χ2v) is 4.33. The van der Waals surface area contributed by atoms with Crippen LogP contribution >= 0.6 is 0 Å². The molecule has 0 aliphatic carbocycles. The number of rotatable bonds is 6. The number of carboxylic acid groups (broad SMARTS) is 1. The second-order valence-electron chi connectivity index (χ2n) is 4.33. The van der Waals surface area contributed by atoms with E-state index in [0.717, 1.165) is 17.5 Å². The van der Waals surface area contributed by atoms with Crippen LogP contribution in [0.15, 0.2) is 24.3 Å². The minimum atomic E-state index is -0.803. The van der Waals surface area contributed by atoms with E-state index >= 15 is 0 Å². The topological polar surface area (TPSA) is 88.0 Å². The van der Waals surface area contributed by atoms with Crippen LogP contribution in [0.4, 0.5) is 5.95 Å². The molecule has 0 saturated carbocycles. The van der Waals surface area contributed by atoms with E-state index < -0.39 is 11.9 Å². The van der Waals surface area contributed by atoms with Gasteiger partial charge in [-0.25, -0.2) is 4.98 Å². The maximum absolute atomic E-state index is 11.0. The molecule has 0 aliphatic heterocycles. The molecule has 2 rings (SSSR count). The molecule has 6 nitrogen and oxygen atoms in total. The van der Waals surface area contributed by atoms with Crippen molar-refractivity contribution in [2.75, 3.05) is 11.9 Å². The lowest BCUT2D eigenvalue weighted by Gasteiger charge is -2.11. The van der Waals surface area contributed by atoms with Crippen LogP contribution in [0.25, 0.3) is 11.0 Å². The Balaban J connectivity index is 2.06. The van der Waals surface area contributed by atoms with Crippen molar-refractivity contribution >= 4 is 23.0 Å². The van der Waals surface area contributed by atoms with Crippen LogP contribution in [0, 0.1) is 5.92 Å². The monoisotopic (exact) mass is 260 g/mol. The fraction of sp³-hybridized carbons (Fsp3) is 0.385. The molecule has 0 bridgehead atoms. The number of carboxylic acids is 1. The molecule has 0 radical (unpaired) electrons. The molecule has 6 heteroatoms. The summed E-state index contributed by atoms with van der Waals surface area (Å²) >= 11 is 0. The fourth-order valence-corrected chi connectivity index (χ4v) is 1.83. The third-order valence-corrected chi connectivity index (χ3v) is 2.85. The van der Waals surface area contributed by atoms with Crippen LogP contribution in [-0.2, 0) is 4.79 Å². The molecule has 0 amide bonds. The van der Waals surface area contributed by atoms with E-state index in [1.807, 2.05) is 31.2 Å². The predicted octanol–water partition coefficient (Wildman–Crippen LogP) is 1.94. The quantitative estimate of drug-likeness (QED) is 0.825. The number of nitrogens with one attached hydrogen (secondary N) is 1. The zero-order chi connectivity index (χ0) is 13.7. The number of para-hydroxylation sites is 1. The molecule has 0 fully saturated rings. The van der Waals surface area contributed by atoms with Gasteiger partial charge < -0.3 is 10.4 Å². The summed E-state index contributed by atoms with van der Waals surface area (Å²) < 4.78 is 0. The molecule has 1 atom stereocenters. The standard InChI is InChI=1S/C13H16N4O2/c1-2-5-9(12(18)19)8-14-13-15-10-6-3-4-7-11(10)16-17-13/h3-4,6-7,9H,2,5,8H2,1H3,(H,18,19)(H,14,15,17). The van der Waals surface area contributed by atoms with Crippen molar-refractivity contribution in [3.05, 3.63) is 24.3 Å². The first-order chi connectivity index (χ1) is 9.20. The van der Waals surface area contributed by atoms with Gasteiger partial charge in [0.25, 0.3) is 0 Å². The third-order valence-electron chi connectivity index (χ3n) is 2.85. The summed E-state index contributed by atoms with van der Waals surface area (Å²) in [6.45, 7) is 2.27. The summed E-state index contributed by atoms with van der Waals surface area (Å²) in [5, 5.41) is 20.0. The third kappa shape index (κ3) is 3.37. The molecule has 100 valence electrons. The summed E-state index contributed by atoms with van der Waals surface area (Å²) in [4.78, 5) is 15.3. The van der Waals surface area contributed by atoms with Crippen molar-refractivity contribution in [3.8, 4) is 0 Å². The molecule has 1 aromatic carbocycles. The molecule has 2 aromatic rings. The second kappa shape index (κ2) is 6.08. The van der Waals surface area contributed by atoms with Gasteiger partial charge in [0.15, 0.2) is 0 Å². The van der Waals surface area contributed by atoms with Gasteiger partial charge >= 0.3 is 5.97 Å². The summed E-state index contributed by atoms with van der Waals surface area (Å²) in [5.74, 6) is -0.871. The highest BCUT2D eigenvalue weighted by Gasteiger charge is 2.16. The van der Waals surface area contributed by atoms with E-state index in [2.05, 4.69) is 20.5 Å². The molecule has 0 saturated heterocycles. The van der Waals surface area contributed by atoms with Gasteiger partial charge in [-0.05, 0) is 18.6 Å². The van der Waals surface area contributed by atoms with Crippen LogP contribution in [-0.4, -0.2) is 32.8 Å². The number of hydrogen-bond donors (Lipinski definition) is 2. The van der Waals surface area contributed by atoms with Gasteiger partial charge in [0.05, 0.1) is 11.4 Å². The van der Waals surface area contributed by atoms with E-state index in [1.54, 1.807) is 0 Å². The van der Waals surface area contributed by atoms with Gasteiger partial charge in [-0.15, -0.1) is 10.2 Å². The number of hydrogen-bond acceptors (Lipinski definition) is 5. The maximum Gasteiger partial charge on any atom is 0.308 e. The van der Waals surface area contributed by atoms with Crippen molar-refractivity contribution in [1.29, 1.82) is 0 Å². The minimum absolute atomic E-state index is 0.309.